The van der Waals surface area contributed by atoms with Crippen molar-refractivity contribution in [1.29, 1.82) is 0 Å². The van der Waals surface area contributed by atoms with Gasteiger partial charge in [-0.25, -0.2) is 0 Å². The number of hydrogen-bond acceptors (Lipinski definition) is 4. The van der Waals surface area contributed by atoms with Gasteiger partial charge in [-0.2, -0.15) is 0 Å². The zero-order valence-corrected chi connectivity index (χ0v) is 11.3. The lowest BCUT2D eigenvalue weighted by Crippen LogP contribution is -2.20. The molecule has 100 valence electrons. The molecule has 4 heteroatoms. The number of fused-ring (bicyclic) bond motifs is 1. The third-order valence-corrected chi connectivity index (χ3v) is 3.10. The fourth-order valence-electron chi connectivity index (χ4n) is 1.95. The van der Waals surface area contributed by atoms with Crippen molar-refractivity contribution in [3.8, 4) is 17.2 Å². The number of rotatable bonds is 5. The molecule has 0 saturated carbocycles. The van der Waals surface area contributed by atoms with E-state index in [0.29, 0.717) is 11.7 Å². The number of phenols is 1. The third kappa shape index (κ3) is 3.07. The van der Waals surface area contributed by atoms with Gasteiger partial charge in [-0.3, -0.25) is 0 Å². The lowest BCUT2D eigenvalue weighted by molar-refractivity contribution is 0.174. The molecule has 1 aromatic rings. The maximum atomic E-state index is 9.94. The van der Waals surface area contributed by atoms with Crippen molar-refractivity contribution < 1.29 is 14.6 Å². The van der Waals surface area contributed by atoms with Crippen LogP contribution in [0, 0.1) is 5.92 Å². The highest BCUT2D eigenvalue weighted by molar-refractivity contribution is 5.51. The van der Waals surface area contributed by atoms with Crippen molar-refractivity contribution in [1.82, 2.24) is 4.90 Å². The van der Waals surface area contributed by atoms with Gasteiger partial charge >= 0.3 is 0 Å². The zero-order valence-electron chi connectivity index (χ0n) is 11.3. The summed E-state index contributed by atoms with van der Waals surface area (Å²) in [5, 5.41) is 9.94. The zero-order chi connectivity index (χ0) is 13.1. The molecule has 0 bridgehead atoms. The molecular weight excluding hydrogens is 230 g/mol. The van der Waals surface area contributed by atoms with Gasteiger partial charge in [0.2, 0.25) is 6.79 Å². The summed E-state index contributed by atoms with van der Waals surface area (Å²) in [6.07, 6.45) is 1.15. The molecule has 18 heavy (non-hydrogen) atoms. The second-order valence-corrected chi connectivity index (χ2v) is 5.25. The number of hydrogen-bond donors (Lipinski definition) is 1. The molecule has 0 aromatic heterocycles. The van der Waals surface area contributed by atoms with E-state index in [9.17, 15) is 5.11 Å². The second kappa shape index (κ2) is 5.48. The molecule has 2 rings (SSSR count). The van der Waals surface area contributed by atoms with Crippen LogP contribution in [0.4, 0.5) is 0 Å². The van der Waals surface area contributed by atoms with E-state index >= 15 is 0 Å². The van der Waals surface area contributed by atoms with Crippen molar-refractivity contribution >= 4 is 0 Å². The summed E-state index contributed by atoms with van der Waals surface area (Å²) >= 11 is 0. The smallest absolute Gasteiger partial charge is 0.231 e. The van der Waals surface area contributed by atoms with Crippen LogP contribution >= 0.6 is 0 Å². The van der Waals surface area contributed by atoms with E-state index in [1.165, 1.54) is 0 Å². The average Bonchev–Trinajstić information content (AvgIpc) is 2.74. The van der Waals surface area contributed by atoms with Gasteiger partial charge in [0.25, 0.3) is 0 Å². The Balaban J connectivity index is 2.00. The maximum Gasteiger partial charge on any atom is 0.231 e. The summed E-state index contributed by atoms with van der Waals surface area (Å²) < 4.78 is 10.5. The van der Waals surface area contributed by atoms with Crippen LogP contribution in [0.1, 0.15) is 25.8 Å². The summed E-state index contributed by atoms with van der Waals surface area (Å²) in [5.41, 5.74) is 0.880. The number of aromatic hydroxyl groups is 1. The largest absolute Gasteiger partial charge is 0.507 e. The fraction of sp³-hybridized carbons (Fsp3) is 0.571. The SMILES string of the molecule is CC(C)CCN(C)Cc1cc2c(cc1O)OCO2. The minimum atomic E-state index is 0.238. The van der Waals surface area contributed by atoms with Crippen LogP contribution in [-0.4, -0.2) is 30.4 Å². The monoisotopic (exact) mass is 251 g/mol. The van der Waals surface area contributed by atoms with Crippen LogP contribution < -0.4 is 9.47 Å². The van der Waals surface area contributed by atoms with Gasteiger partial charge in [-0.15, -0.1) is 0 Å². The minimum Gasteiger partial charge on any atom is -0.507 e. The first-order chi connectivity index (χ1) is 8.56. The first-order valence-corrected chi connectivity index (χ1v) is 6.36. The van der Waals surface area contributed by atoms with E-state index < -0.39 is 0 Å². The molecule has 1 N–H and O–H groups in total. The molecule has 1 heterocycles. The van der Waals surface area contributed by atoms with Gasteiger partial charge in [0, 0.05) is 18.2 Å². The molecule has 0 fully saturated rings. The van der Waals surface area contributed by atoms with E-state index in [4.69, 9.17) is 9.47 Å². The van der Waals surface area contributed by atoms with Crippen molar-refractivity contribution in [2.24, 2.45) is 5.92 Å². The standard InChI is InChI=1S/C14H21NO3/c1-10(2)4-5-15(3)8-11-6-13-14(7-12(11)16)18-9-17-13/h6-7,10,16H,4-5,8-9H2,1-3H3. The molecule has 1 aliphatic rings. The highest BCUT2D eigenvalue weighted by Crippen LogP contribution is 2.37. The molecule has 0 unspecified atom stereocenters. The highest BCUT2D eigenvalue weighted by Gasteiger charge is 2.17. The lowest BCUT2D eigenvalue weighted by atomic mass is 10.1. The van der Waals surface area contributed by atoms with Crippen LogP contribution in [0.15, 0.2) is 12.1 Å². The van der Waals surface area contributed by atoms with Gasteiger partial charge < -0.3 is 19.5 Å². The Morgan fingerprint density at radius 2 is 1.94 bits per heavy atom. The van der Waals surface area contributed by atoms with Gasteiger partial charge in [0.1, 0.15) is 5.75 Å². The molecule has 0 spiro atoms. The highest BCUT2D eigenvalue weighted by atomic mass is 16.7. The molecular formula is C14H21NO3. The predicted octanol–water partition coefficient (Wildman–Crippen LogP) is 2.60. The Labute approximate surface area is 108 Å². The van der Waals surface area contributed by atoms with E-state index in [2.05, 4.69) is 25.8 Å². The Kier molecular flexibility index (Phi) is 3.97. The molecule has 0 aliphatic carbocycles. The average molecular weight is 251 g/mol. The van der Waals surface area contributed by atoms with Gasteiger partial charge in [-0.05, 0) is 32.0 Å². The second-order valence-electron chi connectivity index (χ2n) is 5.25. The molecule has 0 amide bonds. The summed E-state index contributed by atoms with van der Waals surface area (Å²) in [7, 11) is 2.06. The summed E-state index contributed by atoms with van der Waals surface area (Å²) in [6, 6.07) is 3.50. The number of phenolic OH excluding ortho intramolecular Hbond substituents is 1. The number of nitrogens with zero attached hydrogens (tertiary/aromatic N) is 1. The first kappa shape index (κ1) is 13.0. The number of ether oxygens (including phenoxy) is 2. The Morgan fingerprint density at radius 1 is 1.28 bits per heavy atom. The topological polar surface area (TPSA) is 41.9 Å². The Hall–Kier alpha value is -1.42. The van der Waals surface area contributed by atoms with E-state index in [1.54, 1.807) is 6.07 Å². The van der Waals surface area contributed by atoms with Gasteiger partial charge in [0.05, 0.1) is 0 Å². The van der Waals surface area contributed by atoms with Crippen LogP contribution in [0.3, 0.4) is 0 Å². The summed E-state index contributed by atoms with van der Waals surface area (Å²) in [4.78, 5) is 2.21. The molecule has 0 atom stereocenters. The molecule has 0 saturated heterocycles. The normalized spacial score (nSPS) is 13.6. The third-order valence-electron chi connectivity index (χ3n) is 3.10. The Morgan fingerprint density at radius 3 is 2.61 bits per heavy atom. The fourth-order valence-corrected chi connectivity index (χ4v) is 1.95. The summed E-state index contributed by atoms with van der Waals surface area (Å²) in [6.45, 7) is 6.40. The summed E-state index contributed by atoms with van der Waals surface area (Å²) in [5.74, 6) is 2.31. The number of benzene rings is 1. The molecule has 0 radical (unpaired) electrons. The van der Waals surface area contributed by atoms with Crippen LogP contribution in [0.5, 0.6) is 17.2 Å². The minimum absolute atomic E-state index is 0.238. The predicted molar refractivity (Wildman–Crippen MR) is 70.0 cm³/mol. The van der Waals surface area contributed by atoms with Crippen LogP contribution in [-0.2, 0) is 6.54 Å². The van der Waals surface area contributed by atoms with Crippen LogP contribution in [0.25, 0.3) is 0 Å². The van der Waals surface area contributed by atoms with Gasteiger partial charge in [-0.1, -0.05) is 13.8 Å². The molecule has 1 aromatic carbocycles. The van der Waals surface area contributed by atoms with E-state index in [-0.39, 0.29) is 12.5 Å². The van der Waals surface area contributed by atoms with Gasteiger partial charge in [0.15, 0.2) is 11.5 Å². The lowest BCUT2D eigenvalue weighted by Gasteiger charge is -2.18. The first-order valence-electron chi connectivity index (χ1n) is 6.36. The van der Waals surface area contributed by atoms with E-state index in [1.807, 2.05) is 6.07 Å². The van der Waals surface area contributed by atoms with Crippen molar-refractivity contribution in [3.05, 3.63) is 17.7 Å². The molecule has 1 aliphatic heterocycles. The van der Waals surface area contributed by atoms with E-state index in [0.717, 1.165) is 30.8 Å². The van der Waals surface area contributed by atoms with Crippen molar-refractivity contribution in [3.63, 3.8) is 0 Å². The van der Waals surface area contributed by atoms with Crippen LogP contribution in [0.2, 0.25) is 0 Å². The quantitative estimate of drug-likeness (QED) is 0.873. The maximum absolute atomic E-state index is 9.94. The molecule has 4 nitrogen and oxygen atoms in total. The Bertz CT molecular complexity index is 418. The van der Waals surface area contributed by atoms with Crippen molar-refractivity contribution in [2.45, 2.75) is 26.8 Å². The van der Waals surface area contributed by atoms with Crippen molar-refractivity contribution in [2.75, 3.05) is 20.4 Å².